The van der Waals surface area contributed by atoms with Gasteiger partial charge in [-0.05, 0) is 11.8 Å². The van der Waals surface area contributed by atoms with Crippen LogP contribution in [0.25, 0.3) is 0 Å². The fraction of sp³-hybridized carbons (Fsp3) is 1.00. The zero-order valence-corrected chi connectivity index (χ0v) is 7.86. The second kappa shape index (κ2) is 2.95. The molecule has 1 nitrogen and oxygen atoms in total. The second-order valence-corrected chi connectivity index (χ2v) is 4.52. The van der Waals surface area contributed by atoms with E-state index in [1.165, 1.54) is 0 Å². The summed E-state index contributed by atoms with van der Waals surface area (Å²) in [6.45, 7) is 5.64. The van der Waals surface area contributed by atoms with Gasteiger partial charge >= 0.3 is 0 Å². The third-order valence-corrected chi connectivity index (χ3v) is 2.40. The van der Waals surface area contributed by atoms with E-state index in [4.69, 9.17) is 4.74 Å². The maximum absolute atomic E-state index is 13.2. The molecule has 1 heterocycles. The highest BCUT2D eigenvalue weighted by Gasteiger charge is 2.48. The number of rotatable bonds is 0. The average molecular weight is 178 g/mol. The minimum Gasteiger partial charge on any atom is -0.375 e. The lowest BCUT2D eigenvalue weighted by Gasteiger charge is -2.39. The van der Waals surface area contributed by atoms with Crippen LogP contribution >= 0.6 is 0 Å². The summed E-state index contributed by atoms with van der Waals surface area (Å²) in [6, 6.07) is 0. The molecule has 1 aliphatic heterocycles. The van der Waals surface area contributed by atoms with Gasteiger partial charge in [0.25, 0.3) is 5.92 Å². The highest BCUT2D eigenvalue weighted by molar-refractivity contribution is 4.88. The zero-order chi connectivity index (χ0) is 9.41. The topological polar surface area (TPSA) is 9.23 Å². The van der Waals surface area contributed by atoms with E-state index in [-0.39, 0.29) is 5.41 Å². The first-order valence-corrected chi connectivity index (χ1v) is 4.29. The first kappa shape index (κ1) is 9.90. The Kier molecular flexibility index (Phi) is 2.43. The van der Waals surface area contributed by atoms with Crippen LogP contribution in [0.4, 0.5) is 8.78 Å². The Hall–Kier alpha value is -0.180. The molecule has 12 heavy (non-hydrogen) atoms. The lowest BCUT2D eigenvalue weighted by Crippen LogP contribution is -2.45. The van der Waals surface area contributed by atoms with Crippen LogP contribution in [0.5, 0.6) is 0 Å². The molecule has 0 aliphatic carbocycles. The molecule has 1 aliphatic rings. The van der Waals surface area contributed by atoms with E-state index in [0.29, 0.717) is 13.0 Å². The SMILES string of the molecule is CC(C)(C)C1CCOCC1(F)F. The minimum absolute atomic E-state index is 0.326. The molecule has 0 spiro atoms. The van der Waals surface area contributed by atoms with Crippen molar-refractivity contribution in [1.29, 1.82) is 0 Å². The smallest absolute Gasteiger partial charge is 0.274 e. The second-order valence-electron chi connectivity index (χ2n) is 4.52. The molecule has 3 heteroatoms. The zero-order valence-electron chi connectivity index (χ0n) is 7.86. The summed E-state index contributed by atoms with van der Waals surface area (Å²) in [6.07, 6.45) is 0.469. The minimum atomic E-state index is -2.64. The summed E-state index contributed by atoms with van der Waals surface area (Å²) in [5, 5.41) is 0. The van der Waals surface area contributed by atoms with Gasteiger partial charge in [0.15, 0.2) is 0 Å². The van der Waals surface area contributed by atoms with Gasteiger partial charge in [0.05, 0.1) is 0 Å². The molecule has 0 aromatic rings. The highest BCUT2D eigenvalue weighted by atomic mass is 19.3. The maximum atomic E-state index is 13.2. The fourth-order valence-corrected chi connectivity index (χ4v) is 1.79. The molecule has 1 saturated heterocycles. The van der Waals surface area contributed by atoms with Crippen molar-refractivity contribution in [3.8, 4) is 0 Å². The molecule has 1 atom stereocenters. The van der Waals surface area contributed by atoms with Crippen LogP contribution in [0, 0.1) is 11.3 Å². The van der Waals surface area contributed by atoms with Crippen LogP contribution in [-0.2, 0) is 4.74 Å². The molecule has 0 saturated carbocycles. The van der Waals surface area contributed by atoms with Crippen LogP contribution in [0.1, 0.15) is 27.2 Å². The molecule has 0 aromatic heterocycles. The molecule has 0 radical (unpaired) electrons. The predicted octanol–water partition coefficient (Wildman–Crippen LogP) is 2.70. The Morgan fingerprint density at radius 1 is 1.33 bits per heavy atom. The normalized spacial score (nSPS) is 30.2. The molecule has 72 valence electrons. The van der Waals surface area contributed by atoms with Gasteiger partial charge in [0, 0.05) is 12.5 Å². The van der Waals surface area contributed by atoms with E-state index >= 15 is 0 Å². The molecule has 1 fully saturated rings. The molecule has 0 aromatic carbocycles. The Labute approximate surface area is 72.1 Å². The number of ether oxygens (including phenoxy) is 1. The van der Waals surface area contributed by atoms with Crippen LogP contribution < -0.4 is 0 Å². The Balaban J connectivity index is 2.73. The summed E-state index contributed by atoms with van der Waals surface area (Å²) in [4.78, 5) is 0. The third-order valence-electron chi connectivity index (χ3n) is 2.40. The van der Waals surface area contributed by atoms with Crippen molar-refractivity contribution in [2.75, 3.05) is 13.2 Å². The third kappa shape index (κ3) is 1.94. The van der Waals surface area contributed by atoms with E-state index in [2.05, 4.69) is 0 Å². The van der Waals surface area contributed by atoms with Crippen LogP contribution in [0.15, 0.2) is 0 Å². The molecule has 0 amide bonds. The van der Waals surface area contributed by atoms with Gasteiger partial charge in [0.1, 0.15) is 6.61 Å². The number of alkyl halides is 2. The van der Waals surface area contributed by atoms with Crippen molar-refractivity contribution >= 4 is 0 Å². The predicted molar refractivity (Wildman–Crippen MR) is 43.3 cm³/mol. The van der Waals surface area contributed by atoms with E-state index in [9.17, 15) is 8.78 Å². The Morgan fingerprint density at radius 3 is 2.25 bits per heavy atom. The lowest BCUT2D eigenvalue weighted by atomic mass is 9.74. The van der Waals surface area contributed by atoms with Gasteiger partial charge in [-0.1, -0.05) is 20.8 Å². The number of hydrogen-bond acceptors (Lipinski definition) is 1. The molecule has 0 bridgehead atoms. The highest BCUT2D eigenvalue weighted by Crippen LogP contribution is 2.42. The van der Waals surface area contributed by atoms with Crippen LogP contribution in [0.3, 0.4) is 0 Å². The number of halogens is 2. The first-order chi connectivity index (χ1) is 5.34. The average Bonchev–Trinajstić information content (AvgIpc) is 1.83. The van der Waals surface area contributed by atoms with E-state index in [0.717, 1.165) is 0 Å². The Morgan fingerprint density at radius 2 is 1.92 bits per heavy atom. The standard InChI is InChI=1S/C9H16F2O/c1-8(2,3)7-4-5-12-6-9(7,10)11/h7H,4-6H2,1-3H3. The van der Waals surface area contributed by atoms with Gasteiger partial charge in [-0.3, -0.25) is 0 Å². The molecule has 0 N–H and O–H groups in total. The molecule has 1 rings (SSSR count). The fourth-order valence-electron chi connectivity index (χ4n) is 1.79. The van der Waals surface area contributed by atoms with Crippen LogP contribution in [0.2, 0.25) is 0 Å². The van der Waals surface area contributed by atoms with Crippen molar-refractivity contribution in [2.24, 2.45) is 11.3 Å². The molecule has 1 unspecified atom stereocenters. The van der Waals surface area contributed by atoms with Gasteiger partial charge in [-0.15, -0.1) is 0 Å². The first-order valence-electron chi connectivity index (χ1n) is 4.29. The summed E-state index contributed by atoms with van der Waals surface area (Å²) in [5.41, 5.74) is -0.326. The lowest BCUT2D eigenvalue weighted by molar-refractivity contribution is -0.181. The molecular formula is C9H16F2O. The number of hydrogen-bond donors (Lipinski definition) is 0. The summed E-state index contributed by atoms with van der Waals surface area (Å²) >= 11 is 0. The van der Waals surface area contributed by atoms with Gasteiger partial charge in [-0.2, -0.15) is 0 Å². The monoisotopic (exact) mass is 178 g/mol. The van der Waals surface area contributed by atoms with Crippen molar-refractivity contribution in [1.82, 2.24) is 0 Å². The summed E-state index contributed by atoms with van der Waals surface area (Å²) < 4.78 is 31.2. The summed E-state index contributed by atoms with van der Waals surface area (Å²) in [7, 11) is 0. The van der Waals surface area contributed by atoms with E-state index < -0.39 is 18.4 Å². The maximum Gasteiger partial charge on any atom is 0.274 e. The van der Waals surface area contributed by atoms with Gasteiger partial charge < -0.3 is 4.74 Å². The largest absolute Gasteiger partial charge is 0.375 e. The van der Waals surface area contributed by atoms with Crippen LogP contribution in [-0.4, -0.2) is 19.1 Å². The summed E-state index contributed by atoms with van der Waals surface area (Å²) in [5.74, 6) is -3.19. The van der Waals surface area contributed by atoms with Gasteiger partial charge in [-0.25, -0.2) is 8.78 Å². The van der Waals surface area contributed by atoms with Crippen molar-refractivity contribution in [2.45, 2.75) is 33.1 Å². The van der Waals surface area contributed by atoms with E-state index in [1.807, 2.05) is 20.8 Å². The van der Waals surface area contributed by atoms with Crippen molar-refractivity contribution in [3.05, 3.63) is 0 Å². The Bertz CT molecular complexity index is 160. The molecular weight excluding hydrogens is 162 g/mol. The van der Waals surface area contributed by atoms with Gasteiger partial charge in [0.2, 0.25) is 0 Å². The van der Waals surface area contributed by atoms with Crippen molar-refractivity contribution in [3.63, 3.8) is 0 Å². The van der Waals surface area contributed by atoms with Crippen molar-refractivity contribution < 1.29 is 13.5 Å². The quantitative estimate of drug-likeness (QED) is 0.554. The van der Waals surface area contributed by atoms with E-state index in [1.54, 1.807) is 0 Å².